The van der Waals surface area contributed by atoms with E-state index < -0.39 is 11.7 Å². The maximum atomic E-state index is 14.3. The molecule has 5 aromatic heterocycles. The Morgan fingerprint density at radius 3 is 3.00 bits per heavy atom. The van der Waals surface area contributed by atoms with E-state index in [0.717, 1.165) is 0 Å². The SMILES string of the molecule is O=C(NCc1ncn2ccc(Cl)c(F)c12)c1cn(Cc2nc3ccccn3n2)nn1. The van der Waals surface area contributed by atoms with E-state index in [-0.39, 0.29) is 29.3 Å². The van der Waals surface area contributed by atoms with Crippen LogP contribution in [0.15, 0.2) is 49.2 Å². The highest BCUT2D eigenvalue weighted by molar-refractivity contribution is 6.31. The van der Waals surface area contributed by atoms with Gasteiger partial charge in [0.05, 0.1) is 29.8 Å². The molecular formula is C18H13ClFN9O. The number of amides is 1. The molecule has 5 rings (SSSR count). The molecule has 150 valence electrons. The number of carbonyl (C=O) groups is 1. The molecule has 0 aliphatic carbocycles. The topological polar surface area (TPSA) is 107 Å². The second-order valence-electron chi connectivity index (χ2n) is 6.44. The van der Waals surface area contributed by atoms with Crippen molar-refractivity contribution in [2.75, 3.05) is 0 Å². The van der Waals surface area contributed by atoms with Gasteiger partial charge in [-0.15, -0.1) is 10.2 Å². The van der Waals surface area contributed by atoms with Crippen LogP contribution in [-0.2, 0) is 13.1 Å². The molecule has 0 atom stereocenters. The fourth-order valence-corrected chi connectivity index (χ4v) is 3.18. The van der Waals surface area contributed by atoms with Crippen molar-refractivity contribution < 1.29 is 9.18 Å². The van der Waals surface area contributed by atoms with Crippen molar-refractivity contribution in [1.29, 1.82) is 0 Å². The van der Waals surface area contributed by atoms with Gasteiger partial charge in [-0.25, -0.2) is 23.6 Å². The lowest BCUT2D eigenvalue weighted by atomic mass is 10.3. The minimum Gasteiger partial charge on any atom is -0.345 e. The van der Waals surface area contributed by atoms with Gasteiger partial charge in [0.2, 0.25) is 0 Å². The van der Waals surface area contributed by atoms with Gasteiger partial charge < -0.3 is 9.72 Å². The normalized spacial score (nSPS) is 11.4. The summed E-state index contributed by atoms with van der Waals surface area (Å²) in [6.45, 7) is 0.269. The number of rotatable bonds is 5. The second-order valence-corrected chi connectivity index (χ2v) is 6.85. The van der Waals surface area contributed by atoms with Gasteiger partial charge in [0.15, 0.2) is 23.0 Å². The number of aromatic nitrogens is 8. The molecule has 0 unspecified atom stereocenters. The van der Waals surface area contributed by atoms with Gasteiger partial charge in [-0.2, -0.15) is 0 Å². The molecule has 0 bridgehead atoms. The van der Waals surface area contributed by atoms with E-state index in [1.807, 2.05) is 18.2 Å². The van der Waals surface area contributed by atoms with Crippen molar-refractivity contribution in [3.8, 4) is 0 Å². The van der Waals surface area contributed by atoms with Crippen molar-refractivity contribution in [2.45, 2.75) is 13.1 Å². The van der Waals surface area contributed by atoms with Crippen LogP contribution in [0.1, 0.15) is 22.0 Å². The van der Waals surface area contributed by atoms with E-state index in [4.69, 9.17) is 11.6 Å². The fourth-order valence-electron chi connectivity index (χ4n) is 3.04. The molecule has 5 heterocycles. The van der Waals surface area contributed by atoms with E-state index >= 15 is 0 Å². The van der Waals surface area contributed by atoms with Crippen LogP contribution in [0.2, 0.25) is 5.02 Å². The van der Waals surface area contributed by atoms with Crippen molar-refractivity contribution in [2.24, 2.45) is 0 Å². The second kappa shape index (κ2) is 7.19. The Bertz CT molecular complexity index is 1360. The third-order valence-electron chi connectivity index (χ3n) is 4.44. The zero-order valence-electron chi connectivity index (χ0n) is 15.3. The summed E-state index contributed by atoms with van der Waals surface area (Å²) in [5.41, 5.74) is 1.39. The Morgan fingerprint density at radius 2 is 2.13 bits per heavy atom. The molecule has 12 heteroatoms. The summed E-state index contributed by atoms with van der Waals surface area (Å²) < 4.78 is 18.9. The molecule has 0 radical (unpaired) electrons. The lowest BCUT2D eigenvalue weighted by Crippen LogP contribution is -2.23. The van der Waals surface area contributed by atoms with Gasteiger partial charge in [-0.3, -0.25) is 4.79 Å². The average molecular weight is 426 g/mol. The van der Waals surface area contributed by atoms with E-state index in [1.54, 1.807) is 16.9 Å². The first kappa shape index (κ1) is 18.2. The predicted molar refractivity (Wildman–Crippen MR) is 103 cm³/mol. The molecule has 0 saturated heterocycles. The van der Waals surface area contributed by atoms with E-state index in [9.17, 15) is 9.18 Å². The standard InChI is InChI=1S/C18H13ClFN9O/c19-11-4-6-27-10-22-12(17(27)16(11)20)7-21-18(30)13-8-28(26-24-13)9-14-23-15-3-1-2-5-29(15)25-14/h1-6,8,10H,7,9H2,(H,21,30). The van der Waals surface area contributed by atoms with Gasteiger partial charge >= 0.3 is 0 Å². The minimum absolute atomic E-state index is 0.00739. The lowest BCUT2D eigenvalue weighted by Gasteiger charge is -2.03. The molecule has 0 saturated carbocycles. The number of halogens is 2. The number of nitrogens with zero attached hydrogens (tertiary/aromatic N) is 8. The Labute approximate surface area is 172 Å². The van der Waals surface area contributed by atoms with Crippen LogP contribution in [0.4, 0.5) is 4.39 Å². The molecule has 30 heavy (non-hydrogen) atoms. The largest absolute Gasteiger partial charge is 0.345 e. The van der Waals surface area contributed by atoms with Crippen molar-refractivity contribution >= 4 is 28.7 Å². The summed E-state index contributed by atoms with van der Waals surface area (Å²) in [6.07, 6.45) is 6.33. The molecule has 10 nitrogen and oxygen atoms in total. The van der Waals surface area contributed by atoms with Crippen LogP contribution in [0.3, 0.4) is 0 Å². The summed E-state index contributed by atoms with van der Waals surface area (Å²) in [4.78, 5) is 20.9. The summed E-state index contributed by atoms with van der Waals surface area (Å²) in [5.74, 6) is -0.519. The van der Waals surface area contributed by atoms with E-state index in [1.165, 1.54) is 27.7 Å². The smallest absolute Gasteiger partial charge is 0.273 e. The summed E-state index contributed by atoms with van der Waals surface area (Å²) in [6, 6.07) is 7.00. The van der Waals surface area contributed by atoms with Crippen LogP contribution in [-0.4, -0.2) is 44.9 Å². The molecule has 0 aliphatic rings. The number of imidazole rings is 1. The zero-order chi connectivity index (χ0) is 20.7. The number of fused-ring (bicyclic) bond motifs is 2. The summed E-state index contributed by atoms with van der Waals surface area (Å²) in [7, 11) is 0. The highest BCUT2D eigenvalue weighted by atomic mass is 35.5. The summed E-state index contributed by atoms with van der Waals surface area (Å²) in [5, 5.41) is 14.8. The predicted octanol–water partition coefficient (Wildman–Crippen LogP) is 1.74. The number of hydrogen-bond acceptors (Lipinski definition) is 6. The van der Waals surface area contributed by atoms with Crippen molar-refractivity contribution in [1.82, 2.24) is 44.3 Å². The first-order chi connectivity index (χ1) is 14.6. The monoisotopic (exact) mass is 425 g/mol. The maximum absolute atomic E-state index is 14.3. The van der Waals surface area contributed by atoms with Gasteiger partial charge in [0.25, 0.3) is 5.91 Å². The van der Waals surface area contributed by atoms with Crippen LogP contribution in [0.25, 0.3) is 11.2 Å². The molecule has 0 aliphatic heterocycles. The Balaban J connectivity index is 1.28. The van der Waals surface area contributed by atoms with Gasteiger partial charge in [-0.05, 0) is 18.2 Å². The Morgan fingerprint density at radius 1 is 1.23 bits per heavy atom. The molecule has 1 amide bonds. The third-order valence-corrected chi connectivity index (χ3v) is 4.74. The number of carbonyl (C=O) groups excluding carboxylic acids is 1. The van der Waals surface area contributed by atoms with Gasteiger partial charge in [-0.1, -0.05) is 22.9 Å². The van der Waals surface area contributed by atoms with Crippen LogP contribution < -0.4 is 5.32 Å². The van der Waals surface area contributed by atoms with Gasteiger partial charge in [0.1, 0.15) is 12.1 Å². The van der Waals surface area contributed by atoms with Crippen molar-refractivity contribution in [3.63, 3.8) is 0 Å². The highest BCUT2D eigenvalue weighted by Gasteiger charge is 2.16. The zero-order valence-corrected chi connectivity index (χ0v) is 16.0. The fraction of sp³-hybridized carbons (Fsp3) is 0.111. The maximum Gasteiger partial charge on any atom is 0.273 e. The molecule has 0 aromatic carbocycles. The quantitative estimate of drug-likeness (QED) is 0.459. The van der Waals surface area contributed by atoms with Crippen LogP contribution in [0, 0.1) is 5.82 Å². The molecular weight excluding hydrogens is 413 g/mol. The van der Waals surface area contributed by atoms with Crippen molar-refractivity contribution in [3.05, 3.63) is 77.2 Å². The first-order valence-corrected chi connectivity index (χ1v) is 9.24. The lowest BCUT2D eigenvalue weighted by molar-refractivity contribution is 0.0945. The number of nitrogens with one attached hydrogen (secondary N) is 1. The minimum atomic E-state index is -0.591. The Kier molecular flexibility index (Phi) is 4.36. The molecule has 0 spiro atoms. The Hall–Kier alpha value is -3.86. The molecule has 5 aromatic rings. The highest BCUT2D eigenvalue weighted by Crippen LogP contribution is 2.21. The average Bonchev–Trinajstić information content (AvgIpc) is 3.47. The van der Waals surface area contributed by atoms with E-state index in [2.05, 4.69) is 30.7 Å². The van der Waals surface area contributed by atoms with Crippen LogP contribution >= 0.6 is 11.6 Å². The van der Waals surface area contributed by atoms with E-state index in [0.29, 0.717) is 17.2 Å². The van der Waals surface area contributed by atoms with Gasteiger partial charge in [0, 0.05) is 12.4 Å². The number of hydrogen-bond donors (Lipinski definition) is 1. The molecule has 1 N–H and O–H groups in total. The van der Waals surface area contributed by atoms with Crippen LogP contribution in [0.5, 0.6) is 0 Å². The first-order valence-electron chi connectivity index (χ1n) is 8.86. The number of pyridine rings is 2. The third kappa shape index (κ3) is 3.24. The summed E-state index contributed by atoms with van der Waals surface area (Å²) >= 11 is 5.83. The molecule has 0 fully saturated rings.